The zero-order chi connectivity index (χ0) is 19.6. The van der Waals surface area contributed by atoms with Gasteiger partial charge in [-0.2, -0.15) is 0 Å². The van der Waals surface area contributed by atoms with Crippen LogP contribution >= 0.6 is 0 Å². The minimum Gasteiger partial charge on any atom is -0.489 e. The van der Waals surface area contributed by atoms with Crippen molar-refractivity contribution in [1.82, 2.24) is 5.32 Å². The van der Waals surface area contributed by atoms with Crippen LogP contribution in [-0.4, -0.2) is 18.5 Å². The third-order valence-corrected chi connectivity index (χ3v) is 4.01. The average molecular weight is 375 g/mol. The molecule has 3 aromatic rings. The Balaban J connectivity index is 1.42. The highest BCUT2D eigenvalue weighted by Gasteiger charge is 2.10. The van der Waals surface area contributed by atoms with Crippen molar-refractivity contribution in [3.05, 3.63) is 102 Å². The summed E-state index contributed by atoms with van der Waals surface area (Å²) in [5, 5.41) is 2.71. The van der Waals surface area contributed by atoms with Crippen molar-refractivity contribution >= 4 is 11.9 Å². The van der Waals surface area contributed by atoms with E-state index in [1.807, 2.05) is 60.7 Å². The number of rotatable bonds is 8. The molecule has 0 unspecified atom stereocenters. The smallest absolute Gasteiger partial charge is 0.338 e. The van der Waals surface area contributed by atoms with Gasteiger partial charge in [0.2, 0.25) is 0 Å². The van der Waals surface area contributed by atoms with Gasteiger partial charge in [-0.3, -0.25) is 4.79 Å². The quantitative estimate of drug-likeness (QED) is 0.609. The zero-order valence-corrected chi connectivity index (χ0v) is 15.3. The standard InChI is InChI=1S/C23H21NO4/c25-22(24-15-18-7-3-1-4-8-18)17-28-23(26)20-13-11-19(12-14-20)16-27-21-9-5-2-6-10-21/h1-14H,15-17H2,(H,24,25). The minimum absolute atomic E-state index is 0.315. The van der Waals surface area contributed by atoms with E-state index in [1.54, 1.807) is 24.3 Å². The van der Waals surface area contributed by atoms with Gasteiger partial charge in [-0.05, 0) is 35.4 Å². The number of amides is 1. The number of para-hydroxylation sites is 1. The Hall–Kier alpha value is -3.60. The highest BCUT2D eigenvalue weighted by molar-refractivity contribution is 5.91. The van der Waals surface area contributed by atoms with E-state index < -0.39 is 5.97 Å². The third kappa shape index (κ3) is 5.99. The van der Waals surface area contributed by atoms with Gasteiger partial charge in [0.1, 0.15) is 12.4 Å². The van der Waals surface area contributed by atoms with Crippen LogP contribution in [0.25, 0.3) is 0 Å². The van der Waals surface area contributed by atoms with E-state index in [0.29, 0.717) is 18.7 Å². The molecule has 3 aromatic carbocycles. The van der Waals surface area contributed by atoms with Gasteiger partial charge in [-0.25, -0.2) is 4.79 Å². The molecule has 0 saturated carbocycles. The molecule has 3 rings (SSSR count). The van der Waals surface area contributed by atoms with Crippen molar-refractivity contribution in [1.29, 1.82) is 0 Å². The van der Waals surface area contributed by atoms with Crippen LogP contribution in [0.1, 0.15) is 21.5 Å². The van der Waals surface area contributed by atoms with Crippen LogP contribution in [0.15, 0.2) is 84.9 Å². The van der Waals surface area contributed by atoms with Gasteiger partial charge in [0.25, 0.3) is 5.91 Å². The molecular formula is C23H21NO4. The summed E-state index contributed by atoms with van der Waals surface area (Å²) in [6, 6.07) is 26.0. The van der Waals surface area contributed by atoms with E-state index in [-0.39, 0.29) is 12.5 Å². The lowest BCUT2D eigenvalue weighted by Crippen LogP contribution is -2.28. The van der Waals surface area contributed by atoms with Crippen LogP contribution in [0.3, 0.4) is 0 Å². The first kappa shape index (κ1) is 19.2. The first-order valence-corrected chi connectivity index (χ1v) is 8.95. The van der Waals surface area contributed by atoms with Crippen molar-refractivity contribution in [2.24, 2.45) is 0 Å². The molecule has 5 heteroatoms. The van der Waals surface area contributed by atoms with Gasteiger partial charge >= 0.3 is 5.97 Å². The first-order chi connectivity index (χ1) is 13.7. The minimum atomic E-state index is -0.537. The highest BCUT2D eigenvalue weighted by atomic mass is 16.5. The van der Waals surface area contributed by atoms with E-state index in [4.69, 9.17) is 9.47 Å². The maximum atomic E-state index is 12.1. The van der Waals surface area contributed by atoms with Crippen LogP contribution in [0, 0.1) is 0 Å². The summed E-state index contributed by atoms with van der Waals surface area (Å²) in [6.45, 7) is 0.485. The Morgan fingerprint density at radius 1 is 0.750 bits per heavy atom. The molecule has 1 N–H and O–H groups in total. The molecule has 0 aromatic heterocycles. The summed E-state index contributed by atoms with van der Waals surface area (Å²) < 4.78 is 10.7. The second kappa shape index (κ2) is 9.92. The molecule has 0 bridgehead atoms. The van der Waals surface area contributed by atoms with Crippen molar-refractivity contribution in [2.75, 3.05) is 6.61 Å². The van der Waals surface area contributed by atoms with Gasteiger partial charge in [0.05, 0.1) is 5.56 Å². The van der Waals surface area contributed by atoms with E-state index >= 15 is 0 Å². The monoisotopic (exact) mass is 375 g/mol. The van der Waals surface area contributed by atoms with Crippen LogP contribution in [0.5, 0.6) is 5.75 Å². The second-order valence-corrected chi connectivity index (χ2v) is 6.14. The molecule has 0 heterocycles. The summed E-state index contributed by atoms with van der Waals surface area (Å²) in [4.78, 5) is 23.9. The lowest BCUT2D eigenvalue weighted by atomic mass is 10.1. The normalized spacial score (nSPS) is 10.1. The molecule has 0 radical (unpaired) electrons. The van der Waals surface area contributed by atoms with E-state index in [2.05, 4.69) is 5.32 Å². The molecule has 0 aliphatic carbocycles. The second-order valence-electron chi connectivity index (χ2n) is 6.14. The van der Waals surface area contributed by atoms with Crippen molar-refractivity contribution in [3.8, 4) is 5.75 Å². The molecule has 1 amide bonds. The summed E-state index contributed by atoms with van der Waals surface area (Å²) in [7, 11) is 0. The lowest BCUT2D eigenvalue weighted by molar-refractivity contribution is -0.124. The fourth-order valence-corrected chi connectivity index (χ4v) is 2.48. The summed E-state index contributed by atoms with van der Waals surface area (Å²) in [5.41, 5.74) is 2.30. The number of ether oxygens (including phenoxy) is 2. The van der Waals surface area contributed by atoms with Gasteiger partial charge in [0, 0.05) is 6.54 Å². The van der Waals surface area contributed by atoms with Crippen LogP contribution < -0.4 is 10.1 Å². The summed E-state index contributed by atoms with van der Waals surface area (Å²) in [5.74, 6) is -0.0945. The number of hydrogen-bond donors (Lipinski definition) is 1. The number of benzene rings is 3. The Morgan fingerprint density at radius 3 is 2.07 bits per heavy atom. The molecule has 0 spiro atoms. The number of esters is 1. The Labute approximate surface area is 163 Å². The van der Waals surface area contributed by atoms with Crippen molar-refractivity contribution in [3.63, 3.8) is 0 Å². The molecule has 0 aliphatic heterocycles. The maximum absolute atomic E-state index is 12.1. The van der Waals surface area contributed by atoms with Gasteiger partial charge < -0.3 is 14.8 Å². The molecule has 0 aliphatic rings. The van der Waals surface area contributed by atoms with Crippen molar-refractivity contribution in [2.45, 2.75) is 13.2 Å². The Morgan fingerprint density at radius 2 is 1.39 bits per heavy atom. The van der Waals surface area contributed by atoms with E-state index in [9.17, 15) is 9.59 Å². The molecule has 0 atom stereocenters. The molecule has 142 valence electrons. The van der Waals surface area contributed by atoms with Crippen LogP contribution in [-0.2, 0) is 22.7 Å². The van der Waals surface area contributed by atoms with E-state index in [1.165, 1.54) is 0 Å². The fraction of sp³-hybridized carbons (Fsp3) is 0.130. The number of hydrogen-bond acceptors (Lipinski definition) is 4. The molecule has 28 heavy (non-hydrogen) atoms. The topological polar surface area (TPSA) is 64.6 Å². The molecular weight excluding hydrogens is 354 g/mol. The van der Waals surface area contributed by atoms with Gasteiger partial charge in [-0.15, -0.1) is 0 Å². The average Bonchev–Trinajstić information content (AvgIpc) is 2.76. The number of carbonyl (C=O) groups excluding carboxylic acids is 2. The first-order valence-electron chi connectivity index (χ1n) is 8.95. The predicted octanol–water partition coefficient (Wildman–Crippen LogP) is 3.74. The molecule has 0 fully saturated rings. The third-order valence-electron chi connectivity index (χ3n) is 4.01. The highest BCUT2D eigenvalue weighted by Crippen LogP contribution is 2.12. The summed E-state index contributed by atoms with van der Waals surface area (Å²) in [6.07, 6.45) is 0. The van der Waals surface area contributed by atoms with E-state index in [0.717, 1.165) is 16.9 Å². The van der Waals surface area contributed by atoms with Crippen molar-refractivity contribution < 1.29 is 19.1 Å². The van der Waals surface area contributed by atoms with Crippen LogP contribution in [0.2, 0.25) is 0 Å². The van der Waals surface area contributed by atoms with Gasteiger partial charge in [-0.1, -0.05) is 60.7 Å². The Bertz CT molecular complexity index is 893. The molecule has 0 saturated heterocycles. The molecule has 5 nitrogen and oxygen atoms in total. The zero-order valence-electron chi connectivity index (χ0n) is 15.3. The number of nitrogens with one attached hydrogen (secondary N) is 1. The largest absolute Gasteiger partial charge is 0.489 e. The van der Waals surface area contributed by atoms with Gasteiger partial charge in [0.15, 0.2) is 6.61 Å². The maximum Gasteiger partial charge on any atom is 0.338 e. The van der Waals surface area contributed by atoms with Crippen LogP contribution in [0.4, 0.5) is 0 Å². The summed E-state index contributed by atoms with van der Waals surface area (Å²) >= 11 is 0. The predicted molar refractivity (Wildman–Crippen MR) is 106 cm³/mol. The fourth-order valence-electron chi connectivity index (χ4n) is 2.48. The number of carbonyl (C=O) groups is 2. The SMILES string of the molecule is O=C(COC(=O)c1ccc(COc2ccccc2)cc1)NCc1ccccc1. The lowest BCUT2D eigenvalue weighted by Gasteiger charge is -2.08. The Kier molecular flexibility index (Phi) is 6.79.